The van der Waals surface area contributed by atoms with E-state index in [-0.39, 0.29) is 6.10 Å². The Labute approximate surface area is 104 Å². The second-order valence-electron chi connectivity index (χ2n) is 5.45. The molecule has 92 valence electrons. The SMILES string of the molecule is CC(C)Cc1cccc(C2=CC(O)CCC2)c1. The van der Waals surface area contributed by atoms with Gasteiger partial charge in [-0.15, -0.1) is 0 Å². The predicted molar refractivity (Wildman–Crippen MR) is 72.8 cm³/mol. The van der Waals surface area contributed by atoms with Crippen molar-refractivity contribution < 1.29 is 5.11 Å². The number of rotatable bonds is 3. The molecule has 1 aromatic carbocycles. The Morgan fingerprint density at radius 1 is 1.35 bits per heavy atom. The summed E-state index contributed by atoms with van der Waals surface area (Å²) >= 11 is 0. The van der Waals surface area contributed by atoms with Crippen molar-refractivity contribution in [3.63, 3.8) is 0 Å². The van der Waals surface area contributed by atoms with Gasteiger partial charge in [-0.3, -0.25) is 0 Å². The Bertz CT molecular complexity index is 404. The number of hydrogen-bond acceptors (Lipinski definition) is 1. The van der Waals surface area contributed by atoms with E-state index in [1.54, 1.807) is 0 Å². The summed E-state index contributed by atoms with van der Waals surface area (Å²) in [5, 5.41) is 9.68. The van der Waals surface area contributed by atoms with Crippen LogP contribution in [0.4, 0.5) is 0 Å². The van der Waals surface area contributed by atoms with E-state index in [4.69, 9.17) is 0 Å². The van der Waals surface area contributed by atoms with Gasteiger partial charge in [-0.1, -0.05) is 44.2 Å². The Hall–Kier alpha value is -1.08. The number of allylic oxidation sites excluding steroid dienone is 1. The minimum absolute atomic E-state index is 0.243. The van der Waals surface area contributed by atoms with Crippen LogP contribution in [0.25, 0.3) is 5.57 Å². The molecule has 0 aromatic heterocycles. The smallest absolute Gasteiger partial charge is 0.0726 e. The maximum absolute atomic E-state index is 9.68. The highest BCUT2D eigenvalue weighted by Crippen LogP contribution is 2.27. The van der Waals surface area contributed by atoms with Crippen LogP contribution in [0.1, 0.15) is 44.2 Å². The molecule has 0 saturated carbocycles. The summed E-state index contributed by atoms with van der Waals surface area (Å²) in [5.74, 6) is 0.691. The van der Waals surface area contributed by atoms with E-state index in [0.29, 0.717) is 5.92 Å². The molecule has 0 bridgehead atoms. The highest BCUT2D eigenvalue weighted by molar-refractivity contribution is 5.67. The molecule has 0 fully saturated rings. The van der Waals surface area contributed by atoms with Crippen LogP contribution >= 0.6 is 0 Å². The van der Waals surface area contributed by atoms with Crippen molar-refractivity contribution in [1.82, 2.24) is 0 Å². The fourth-order valence-electron chi connectivity index (χ4n) is 2.51. The average molecular weight is 230 g/mol. The third-order valence-electron chi connectivity index (χ3n) is 3.28. The molecule has 0 amide bonds. The number of aliphatic hydroxyl groups excluding tert-OH is 1. The summed E-state index contributed by atoms with van der Waals surface area (Å²) in [7, 11) is 0. The molecule has 0 saturated heterocycles. The molecule has 1 heteroatoms. The van der Waals surface area contributed by atoms with E-state index in [2.05, 4.69) is 38.1 Å². The van der Waals surface area contributed by atoms with Crippen molar-refractivity contribution in [2.45, 2.75) is 45.6 Å². The third-order valence-corrected chi connectivity index (χ3v) is 3.28. The Balaban J connectivity index is 2.20. The first-order valence-electron chi connectivity index (χ1n) is 6.63. The van der Waals surface area contributed by atoms with Crippen LogP contribution in [0.3, 0.4) is 0 Å². The number of hydrogen-bond donors (Lipinski definition) is 1. The first-order chi connectivity index (χ1) is 8.15. The second kappa shape index (κ2) is 5.50. The molecule has 0 aliphatic heterocycles. The summed E-state index contributed by atoms with van der Waals surface area (Å²) in [5.41, 5.74) is 4.01. The van der Waals surface area contributed by atoms with E-state index in [0.717, 1.165) is 25.7 Å². The Morgan fingerprint density at radius 3 is 2.88 bits per heavy atom. The Morgan fingerprint density at radius 2 is 2.18 bits per heavy atom. The summed E-state index contributed by atoms with van der Waals surface area (Å²) in [6.07, 6.45) is 6.02. The van der Waals surface area contributed by atoms with Gasteiger partial charge in [-0.2, -0.15) is 0 Å². The summed E-state index contributed by atoms with van der Waals surface area (Å²) < 4.78 is 0. The van der Waals surface area contributed by atoms with Gasteiger partial charge in [0.1, 0.15) is 0 Å². The van der Waals surface area contributed by atoms with Gasteiger partial charge in [0.2, 0.25) is 0 Å². The molecule has 0 radical (unpaired) electrons. The van der Waals surface area contributed by atoms with E-state index in [1.165, 1.54) is 16.7 Å². The monoisotopic (exact) mass is 230 g/mol. The zero-order valence-corrected chi connectivity index (χ0v) is 10.8. The summed E-state index contributed by atoms with van der Waals surface area (Å²) in [6.45, 7) is 4.49. The van der Waals surface area contributed by atoms with Crippen LogP contribution in [0.15, 0.2) is 30.3 Å². The summed E-state index contributed by atoms with van der Waals surface area (Å²) in [4.78, 5) is 0. The molecule has 1 atom stereocenters. The molecule has 1 N–H and O–H groups in total. The van der Waals surface area contributed by atoms with Crippen LogP contribution in [0, 0.1) is 5.92 Å². The molecule has 1 aliphatic rings. The van der Waals surface area contributed by atoms with Gasteiger partial charge in [0, 0.05) is 0 Å². The topological polar surface area (TPSA) is 20.2 Å². The second-order valence-corrected chi connectivity index (χ2v) is 5.45. The van der Waals surface area contributed by atoms with Gasteiger partial charge in [0.15, 0.2) is 0 Å². The normalized spacial score (nSPS) is 20.5. The zero-order valence-electron chi connectivity index (χ0n) is 10.8. The van der Waals surface area contributed by atoms with Crippen molar-refractivity contribution >= 4 is 5.57 Å². The maximum atomic E-state index is 9.68. The first kappa shape index (κ1) is 12.4. The largest absolute Gasteiger partial charge is 0.389 e. The fraction of sp³-hybridized carbons (Fsp3) is 0.500. The number of benzene rings is 1. The lowest BCUT2D eigenvalue weighted by Crippen LogP contribution is -2.08. The molecule has 1 unspecified atom stereocenters. The molecule has 17 heavy (non-hydrogen) atoms. The zero-order chi connectivity index (χ0) is 12.3. The lowest BCUT2D eigenvalue weighted by atomic mass is 9.90. The molecule has 1 aromatic rings. The number of aliphatic hydroxyl groups is 1. The lowest BCUT2D eigenvalue weighted by Gasteiger charge is -2.18. The van der Waals surface area contributed by atoms with Crippen molar-refractivity contribution in [1.29, 1.82) is 0 Å². The molecule has 1 nitrogen and oxygen atoms in total. The van der Waals surface area contributed by atoms with Crippen LogP contribution in [0.5, 0.6) is 0 Å². The van der Waals surface area contributed by atoms with Crippen molar-refractivity contribution in [3.8, 4) is 0 Å². The standard InChI is InChI=1S/C16H22O/c1-12(2)9-13-5-3-6-14(10-13)15-7-4-8-16(17)11-15/h3,5-6,10-12,16-17H,4,7-9H2,1-2H3. The molecule has 2 rings (SSSR count). The highest BCUT2D eigenvalue weighted by atomic mass is 16.3. The molecule has 0 spiro atoms. The van der Waals surface area contributed by atoms with E-state index in [9.17, 15) is 5.11 Å². The van der Waals surface area contributed by atoms with Crippen LogP contribution in [-0.2, 0) is 6.42 Å². The van der Waals surface area contributed by atoms with Crippen molar-refractivity contribution in [2.24, 2.45) is 5.92 Å². The van der Waals surface area contributed by atoms with Crippen LogP contribution in [-0.4, -0.2) is 11.2 Å². The van der Waals surface area contributed by atoms with Crippen molar-refractivity contribution in [3.05, 3.63) is 41.5 Å². The molecular formula is C16H22O. The first-order valence-corrected chi connectivity index (χ1v) is 6.63. The molecule has 0 heterocycles. The molecule has 1 aliphatic carbocycles. The van der Waals surface area contributed by atoms with Gasteiger partial charge in [0.05, 0.1) is 6.10 Å². The van der Waals surface area contributed by atoms with Crippen molar-refractivity contribution in [2.75, 3.05) is 0 Å². The van der Waals surface area contributed by atoms with E-state index >= 15 is 0 Å². The van der Waals surface area contributed by atoms with Gasteiger partial charge in [0.25, 0.3) is 0 Å². The van der Waals surface area contributed by atoms with Gasteiger partial charge in [-0.05, 0) is 48.3 Å². The van der Waals surface area contributed by atoms with E-state index < -0.39 is 0 Å². The summed E-state index contributed by atoms with van der Waals surface area (Å²) in [6, 6.07) is 8.77. The van der Waals surface area contributed by atoms with Crippen LogP contribution in [0.2, 0.25) is 0 Å². The predicted octanol–water partition coefficient (Wildman–Crippen LogP) is 3.81. The Kier molecular flexibility index (Phi) is 4.01. The van der Waals surface area contributed by atoms with Gasteiger partial charge in [-0.25, -0.2) is 0 Å². The average Bonchev–Trinajstić information content (AvgIpc) is 2.28. The molecular weight excluding hydrogens is 208 g/mol. The maximum Gasteiger partial charge on any atom is 0.0726 e. The minimum Gasteiger partial charge on any atom is -0.389 e. The van der Waals surface area contributed by atoms with Gasteiger partial charge < -0.3 is 5.11 Å². The third kappa shape index (κ3) is 3.44. The highest BCUT2D eigenvalue weighted by Gasteiger charge is 2.12. The quantitative estimate of drug-likeness (QED) is 0.837. The van der Waals surface area contributed by atoms with E-state index in [1.807, 2.05) is 6.08 Å². The fourth-order valence-corrected chi connectivity index (χ4v) is 2.51. The van der Waals surface area contributed by atoms with Crippen LogP contribution < -0.4 is 0 Å². The van der Waals surface area contributed by atoms with Gasteiger partial charge >= 0.3 is 0 Å². The minimum atomic E-state index is -0.243. The lowest BCUT2D eigenvalue weighted by molar-refractivity contribution is 0.206.